The maximum absolute atomic E-state index is 11.6. The maximum Gasteiger partial charge on any atom is 0.343 e. The summed E-state index contributed by atoms with van der Waals surface area (Å²) >= 11 is 0. The van der Waals surface area contributed by atoms with Crippen molar-refractivity contribution >= 4 is 5.97 Å². The topological polar surface area (TPSA) is 59.2 Å². The highest BCUT2D eigenvalue weighted by Gasteiger charge is 2.06. The smallest absolute Gasteiger partial charge is 0.343 e. The molecule has 0 unspecified atom stereocenters. The Balaban J connectivity index is 2.14. The molecular weight excluding hydrogens is 206 g/mol. The number of aromatic nitrogens is 1. The van der Waals surface area contributed by atoms with E-state index >= 15 is 0 Å². The molecule has 0 bridgehead atoms. The van der Waals surface area contributed by atoms with Gasteiger partial charge in [-0.1, -0.05) is 18.2 Å². The first-order valence-electron chi connectivity index (χ1n) is 4.72. The van der Waals surface area contributed by atoms with Crippen molar-refractivity contribution in [2.75, 3.05) is 0 Å². The minimum absolute atomic E-state index is 0.237. The summed E-state index contributed by atoms with van der Waals surface area (Å²) in [6.45, 7) is 0. The number of hydrogen-bond donors (Lipinski definition) is 1. The summed E-state index contributed by atoms with van der Waals surface area (Å²) in [5, 5.41) is 0. The summed E-state index contributed by atoms with van der Waals surface area (Å²) in [6.07, 6.45) is 1.35. The van der Waals surface area contributed by atoms with Crippen molar-refractivity contribution in [3.05, 3.63) is 64.6 Å². The second kappa shape index (κ2) is 4.44. The molecule has 1 aromatic carbocycles. The van der Waals surface area contributed by atoms with E-state index in [1.54, 1.807) is 24.3 Å². The number of rotatable bonds is 2. The van der Waals surface area contributed by atoms with Crippen LogP contribution in [0.2, 0.25) is 0 Å². The summed E-state index contributed by atoms with van der Waals surface area (Å²) in [5.74, 6) is -0.138. The van der Waals surface area contributed by atoms with Gasteiger partial charge in [0.1, 0.15) is 5.75 Å². The van der Waals surface area contributed by atoms with Crippen LogP contribution in [0.15, 0.2) is 53.5 Å². The number of carbonyl (C=O) groups is 1. The van der Waals surface area contributed by atoms with Gasteiger partial charge in [-0.25, -0.2) is 4.79 Å². The first-order valence-corrected chi connectivity index (χ1v) is 4.72. The Labute approximate surface area is 91.5 Å². The normalized spacial score (nSPS) is 9.75. The fraction of sp³-hybridized carbons (Fsp3) is 0. The van der Waals surface area contributed by atoms with E-state index in [0.717, 1.165) is 0 Å². The van der Waals surface area contributed by atoms with Gasteiger partial charge in [0.2, 0.25) is 5.56 Å². The third-order valence-corrected chi connectivity index (χ3v) is 1.98. The van der Waals surface area contributed by atoms with E-state index < -0.39 is 5.97 Å². The molecule has 0 amide bonds. The molecule has 0 radical (unpaired) electrons. The van der Waals surface area contributed by atoms with Crippen LogP contribution in [0.1, 0.15) is 10.4 Å². The standard InChI is InChI=1S/C12H9NO3/c14-11-7-6-10(8-13-11)16-12(15)9-4-2-1-3-5-9/h1-8H,(H,13,14). The first-order chi connectivity index (χ1) is 7.75. The maximum atomic E-state index is 11.6. The van der Waals surface area contributed by atoms with E-state index in [0.29, 0.717) is 11.3 Å². The molecule has 2 aromatic rings. The van der Waals surface area contributed by atoms with E-state index in [-0.39, 0.29) is 5.56 Å². The number of benzene rings is 1. The Bertz CT molecular complexity index is 525. The Kier molecular flexibility index (Phi) is 2.82. The molecule has 1 aromatic heterocycles. The summed E-state index contributed by atoms with van der Waals surface area (Å²) < 4.78 is 5.05. The van der Waals surface area contributed by atoms with Crippen molar-refractivity contribution < 1.29 is 9.53 Å². The Hall–Kier alpha value is -2.36. The van der Waals surface area contributed by atoms with Gasteiger partial charge in [-0.15, -0.1) is 0 Å². The van der Waals surface area contributed by atoms with E-state index in [1.807, 2.05) is 6.07 Å². The number of nitrogens with one attached hydrogen (secondary N) is 1. The molecule has 0 aliphatic carbocycles. The third-order valence-electron chi connectivity index (χ3n) is 1.98. The summed E-state index contributed by atoms with van der Waals surface area (Å²) in [4.78, 5) is 24.8. The molecule has 1 heterocycles. The second-order valence-electron chi connectivity index (χ2n) is 3.14. The minimum atomic E-state index is -0.451. The van der Waals surface area contributed by atoms with Crippen molar-refractivity contribution in [3.63, 3.8) is 0 Å². The van der Waals surface area contributed by atoms with Gasteiger partial charge in [0.25, 0.3) is 0 Å². The molecule has 0 atom stereocenters. The van der Waals surface area contributed by atoms with Crippen molar-refractivity contribution in [2.24, 2.45) is 0 Å². The van der Waals surface area contributed by atoms with Gasteiger partial charge < -0.3 is 9.72 Å². The molecule has 16 heavy (non-hydrogen) atoms. The number of carbonyl (C=O) groups excluding carboxylic acids is 1. The van der Waals surface area contributed by atoms with Gasteiger partial charge in [0.05, 0.1) is 5.56 Å². The lowest BCUT2D eigenvalue weighted by molar-refractivity contribution is 0.0734. The Morgan fingerprint density at radius 1 is 1.06 bits per heavy atom. The second-order valence-corrected chi connectivity index (χ2v) is 3.14. The zero-order chi connectivity index (χ0) is 11.4. The van der Waals surface area contributed by atoms with Crippen LogP contribution in [0, 0.1) is 0 Å². The molecular formula is C12H9NO3. The van der Waals surface area contributed by atoms with Crippen molar-refractivity contribution in [1.29, 1.82) is 0 Å². The molecule has 0 saturated carbocycles. The Morgan fingerprint density at radius 2 is 1.81 bits per heavy atom. The minimum Gasteiger partial charge on any atom is -0.421 e. The number of hydrogen-bond acceptors (Lipinski definition) is 3. The van der Waals surface area contributed by atoms with E-state index in [9.17, 15) is 9.59 Å². The highest BCUT2D eigenvalue weighted by molar-refractivity contribution is 5.90. The first kappa shape index (κ1) is 10.2. The van der Waals surface area contributed by atoms with Gasteiger partial charge in [-0.3, -0.25) is 4.79 Å². The van der Waals surface area contributed by atoms with Crippen LogP contribution < -0.4 is 10.3 Å². The van der Waals surface area contributed by atoms with Gasteiger partial charge in [-0.05, 0) is 18.2 Å². The van der Waals surface area contributed by atoms with Crippen LogP contribution in [-0.2, 0) is 0 Å². The zero-order valence-electron chi connectivity index (χ0n) is 8.34. The molecule has 80 valence electrons. The highest BCUT2D eigenvalue weighted by atomic mass is 16.5. The largest absolute Gasteiger partial charge is 0.421 e. The zero-order valence-corrected chi connectivity index (χ0v) is 8.34. The van der Waals surface area contributed by atoms with Crippen LogP contribution in [0.25, 0.3) is 0 Å². The van der Waals surface area contributed by atoms with Gasteiger partial charge >= 0.3 is 5.97 Å². The molecule has 0 spiro atoms. The van der Waals surface area contributed by atoms with Crippen molar-refractivity contribution in [2.45, 2.75) is 0 Å². The van der Waals surface area contributed by atoms with E-state index in [2.05, 4.69) is 4.98 Å². The monoisotopic (exact) mass is 215 g/mol. The fourth-order valence-electron chi connectivity index (χ4n) is 1.20. The molecule has 2 rings (SSSR count). The van der Waals surface area contributed by atoms with Crippen LogP contribution >= 0.6 is 0 Å². The summed E-state index contributed by atoms with van der Waals surface area (Å²) in [6, 6.07) is 11.4. The average Bonchev–Trinajstić information content (AvgIpc) is 2.33. The average molecular weight is 215 g/mol. The summed E-state index contributed by atoms with van der Waals surface area (Å²) in [5.41, 5.74) is 0.230. The lowest BCUT2D eigenvalue weighted by Crippen LogP contribution is -2.10. The summed E-state index contributed by atoms with van der Waals surface area (Å²) in [7, 11) is 0. The molecule has 0 saturated heterocycles. The third kappa shape index (κ3) is 2.36. The molecule has 4 nitrogen and oxygen atoms in total. The lowest BCUT2D eigenvalue weighted by atomic mass is 10.2. The number of ether oxygens (including phenoxy) is 1. The van der Waals surface area contributed by atoms with Crippen LogP contribution in [0.5, 0.6) is 5.75 Å². The lowest BCUT2D eigenvalue weighted by Gasteiger charge is -2.02. The number of H-pyrrole nitrogens is 1. The SMILES string of the molecule is O=C(Oc1ccc(=O)[nH]c1)c1ccccc1. The molecule has 0 fully saturated rings. The molecule has 4 heteroatoms. The quantitative estimate of drug-likeness (QED) is 0.774. The van der Waals surface area contributed by atoms with E-state index in [4.69, 9.17) is 4.74 Å². The van der Waals surface area contributed by atoms with Crippen molar-refractivity contribution in [3.8, 4) is 5.75 Å². The molecule has 0 aliphatic heterocycles. The fourth-order valence-corrected chi connectivity index (χ4v) is 1.20. The van der Waals surface area contributed by atoms with Gasteiger partial charge in [0, 0.05) is 12.3 Å². The predicted octanol–water partition coefficient (Wildman–Crippen LogP) is 1.59. The number of pyridine rings is 1. The molecule has 1 N–H and O–H groups in total. The van der Waals surface area contributed by atoms with Crippen LogP contribution in [-0.4, -0.2) is 11.0 Å². The van der Waals surface area contributed by atoms with Crippen LogP contribution in [0.3, 0.4) is 0 Å². The van der Waals surface area contributed by atoms with Gasteiger partial charge in [-0.2, -0.15) is 0 Å². The predicted molar refractivity (Wildman–Crippen MR) is 58.5 cm³/mol. The van der Waals surface area contributed by atoms with Crippen LogP contribution in [0.4, 0.5) is 0 Å². The van der Waals surface area contributed by atoms with Crippen molar-refractivity contribution in [1.82, 2.24) is 4.98 Å². The highest BCUT2D eigenvalue weighted by Crippen LogP contribution is 2.08. The van der Waals surface area contributed by atoms with E-state index in [1.165, 1.54) is 18.3 Å². The van der Waals surface area contributed by atoms with Gasteiger partial charge in [0.15, 0.2) is 0 Å². The number of aromatic amines is 1. The Morgan fingerprint density at radius 3 is 2.44 bits per heavy atom. The molecule has 0 aliphatic rings. The number of esters is 1.